The Morgan fingerprint density at radius 3 is 2.20 bits per heavy atom. The van der Waals surface area contributed by atoms with Crippen molar-refractivity contribution in [3.8, 4) is 11.5 Å². The maximum absolute atomic E-state index is 6.06. The van der Waals surface area contributed by atoms with Crippen molar-refractivity contribution in [1.29, 1.82) is 0 Å². The number of benzene rings is 2. The molecule has 2 nitrogen and oxygen atoms in total. The largest absolute Gasteiger partial charge is 0.456 e. The normalized spacial score (nSPS) is 11.4. The summed E-state index contributed by atoms with van der Waals surface area (Å²) in [6.07, 6.45) is 0. The van der Waals surface area contributed by atoms with Crippen LogP contribution in [0.15, 0.2) is 48.5 Å². The molecule has 0 aliphatic carbocycles. The number of nitrogens with one attached hydrogen (secondary N) is 1. The van der Waals surface area contributed by atoms with Gasteiger partial charge in [0.25, 0.3) is 0 Å². The van der Waals surface area contributed by atoms with Crippen molar-refractivity contribution < 1.29 is 4.74 Å². The fraction of sp³-hybridized carbons (Fsp3) is 0.294. The van der Waals surface area contributed by atoms with Crippen LogP contribution in [0.25, 0.3) is 0 Å². The first-order valence-electron chi connectivity index (χ1n) is 6.71. The van der Waals surface area contributed by atoms with Crippen molar-refractivity contribution in [2.45, 2.75) is 32.9 Å². The highest BCUT2D eigenvalue weighted by Gasteiger charge is 2.11. The van der Waals surface area contributed by atoms with Gasteiger partial charge in [-0.3, -0.25) is 0 Å². The van der Waals surface area contributed by atoms with Gasteiger partial charge in [-0.25, -0.2) is 0 Å². The van der Waals surface area contributed by atoms with E-state index in [1.54, 1.807) is 0 Å². The van der Waals surface area contributed by atoms with E-state index in [-0.39, 0.29) is 5.54 Å². The van der Waals surface area contributed by atoms with Gasteiger partial charge in [0.15, 0.2) is 0 Å². The van der Waals surface area contributed by atoms with Crippen LogP contribution in [-0.4, -0.2) is 5.54 Å². The van der Waals surface area contributed by atoms with Crippen molar-refractivity contribution in [2.24, 2.45) is 0 Å². The molecule has 0 bridgehead atoms. The molecule has 0 aliphatic rings. The molecule has 0 aromatic heterocycles. The summed E-state index contributed by atoms with van der Waals surface area (Å²) in [4.78, 5) is 0. The number of rotatable bonds is 4. The number of hydrogen-bond acceptors (Lipinski definition) is 2. The van der Waals surface area contributed by atoms with E-state index in [9.17, 15) is 0 Å². The van der Waals surface area contributed by atoms with Gasteiger partial charge in [-0.05, 0) is 61.6 Å². The van der Waals surface area contributed by atoms with E-state index in [1.165, 1.54) is 5.56 Å². The van der Waals surface area contributed by atoms with Gasteiger partial charge in [0.05, 0.1) is 3.57 Å². The van der Waals surface area contributed by atoms with E-state index in [4.69, 9.17) is 4.74 Å². The topological polar surface area (TPSA) is 21.3 Å². The first-order valence-corrected chi connectivity index (χ1v) is 7.79. The van der Waals surface area contributed by atoms with Gasteiger partial charge in [-0.15, -0.1) is 0 Å². The summed E-state index contributed by atoms with van der Waals surface area (Å²) in [5.74, 6) is 1.81. The molecule has 0 spiro atoms. The van der Waals surface area contributed by atoms with Gasteiger partial charge >= 0.3 is 0 Å². The summed E-state index contributed by atoms with van der Waals surface area (Å²) in [6.45, 7) is 7.28. The van der Waals surface area contributed by atoms with Crippen LogP contribution in [0.1, 0.15) is 26.3 Å². The van der Waals surface area contributed by atoms with Crippen LogP contribution in [0.3, 0.4) is 0 Å². The summed E-state index contributed by atoms with van der Waals surface area (Å²) >= 11 is 2.29. The Balaban J connectivity index is 2.18. The summed E-state index contributed by atoms with van der Waals surface area (Å²) in [7, 11) is 0. The van der Waals surface area contributed by atoms with Crippen LogP contribution in [-0.2, 0) is 6.54 Å². The lowest BCUT2D eigenvalue weighted by atomic mass is 10.1. The first-order chi connectivity index (χ1) is 9.46. The quantitative estimate of drug-likeness (QED) is 0.755. The molecule has 20 heavy (non-hydrogen) atoms. The Kier molecular flexibility index (Phi) is 5.05. The van der Waals surface area contributed by atoms with Gasteiger partial charge < -0.3 is 10.1 Å². The number of hydrogen-bond donors (Lipinski definition) is 1. The predicted octanol–water partition coefficient (Wildman–Crippen LogP) is 4.97. The van der Waals surface area contributed by atoms with Crippen LogP contribution < -0.4 is 10.1 Å². The SMILES string of the molecule is CC(C)(C)NCc1ccccc1Oc1ccccc1I. The molecule has 3 heteroatoms. The summed E-state index contributed by atoms with van der Waals surface area (Å²) in [5, 5.41) is 3.50. The van der Waals surface area contributed by atoms with Crippen molar-refractivity contribution in [1.82, 2.24) is 5.32 Å². The fourth-order valence-corrected chi connectivity index (χ4v) is 2.25. The molecule has 0 saturated heterocycles. The molecule has 2 aromatic carbocycles. The van der Waals surface area contributed by atoms with Gasteiger partial charge in [0, 0.05) is 17.6 Å². The molecular weight excluding hydrogens is 361 g/mol. The summed E-state index contributed by atoms with van der Waals surface area (Å²) < 4.78 is 7.17. The summed E-state index contributed by atoms with van der Waals surface area (Å²) in [6, 6.07) is 16.2. The number of ether oxygens (including phenoxy) is 1. The maximum atomic E-state index is 6.06. The Morgan fingerprint density at radius 1 is 0.950 bits per heavy atom. The van der Waals surface area contributed by atoms with Gasteiger partial charge in [-0.1, -0.05) is 30.3 Å². The van der Waals surface area contributed by atoms with Crippen molar-refractivity contribution in [3.63, 3.8) is 0 Å². The Hall–Kier alpha value is -1.07. The zero-order valence-electron chi connectivity index (χ0n) is 12.1. The van der Waals surface area contributed by atoms with Crippen LogP contribution in [0.2, 0.25) is 0 Å². The van der Waals surface area contributed by atoms with Gasteiger partial charge in [0.1, 0.15) is 11.5 Å². The van der Waals surface area contributed by atoms with E-state index in [0.29, 0.717) is 0 Å². The molecule has 2 rings (SSSR count). The van der Waals surface area contributed by atoms with Crippen LogP contribution >= 0.6 is 22.6 Å². The molecule has 0 heterocycles. The third-order valence-electron chi connectivity index (χ3n) is 2.84. The van der Waals surface area contributed by atoms with Crippen molar-refractivity contribution in [2.75, 3.05) is 0 Å². The second-order valence-corrected chi connectivity index (χ2v) is 6.91. The molecule has 0 amide bonds. The minimum Gasteiger partial charge on any atom is -0.456 e. The molecule has 0 unspecified atom stereocenters. The predicted molar refractivity (Wildman–Crippen MR) is 92.3 cm³/mol. The molecular formula is C17H20INO. The highest BCUT2D eigenvalue weighted by atomic mass is 127. The lowest BCUT2D eigenvalue weighted by molar-refractivity contribution is 0.414. The van der Waals surface area contributed by atoms with E-state index < -0.39 is 0 Å². The van der Waals surface area contributed by atoms with Crippen LogP contribution in [0, 0.1) is 3.57 Å². The lowest BCUT2D eigenvalue weighted by Crippen LogP contribution is -2.35. The monoisotopic (exact) mass is 381 g/mol. The molecule has 0 atom stereocenters. The summed E-state index contributed by atoms with van der Waals surface area (Å²) in [5.41, 5.74) is 1.26. The number of halogens is 1. The number of para-hydroxylation sites is 2. The Labute approximate surface area is 134 Å². The van der Waals surface area contributed by atoms with Crippen molar-refractivity contribution in [3.05, 3.63) is 57.7 Å². The average Bonchev–Trinajstić information content (AvgIpc) is 2.39. The molecule has 106 valence electrons. The zero-order chi connectivity index (χ0) is 14.6. The molecule has 1 N–H and O–H groups in total. The van der Waals surface area contributed by atoms with E-state index in [0.717, 1.165) is 21.6 Å². The third-order valence-corrected chi connectivity index (χ3v) is 3.73. The molecule has 0 fully saturated rings. The maximum Gasteiger partial charge on any atom is 0.140 e. The van der Waals surface area contributed by atoms with E-state index >= 15 is 0 Å². The molecule has 2 aromatic rings. The second kappa shape index (κ2) is 6.59. The highest BCUT2D eigenvalue weighted by molar-refractivity contribution is 14.1. The van der Waals surface area contributed by atoms with Gasteiger partial charge in [0.2, 0.25) is 0 Å². The smallest absolute Gasteiger partial charge is 0.140 e. The zero-order valence-corrected chi connectivity index (χ0v) is 14.3. The third kappa shape index (κ3) is 4.49. The first kappa shape index (κ1) is 15.3. The minimum atomic E-state index is 0.0915. The van der Waals surface area contributed by atoms with E-state index in [2.05, 4.69) is 54.7 Å². The molecule has 0 saturated carbocycles. The second-order valence-electron chi connectivity index (χ2n) is 5.74. The van der Waals surface area contributed by atoms with Crippen LogP contribution in [0.5, 0.6) is 11.5 Å². The van der Waals surface area contributed by atoms with Gasteiger partial charge in [-0.2, -0.15) is 0 Å². The molecule has 0 aliphatic heterocycles. The Bertz CT molecular complexity index is 575. The molecule has 0 radical (unpaired) electrons. The lowest BCUT2D eigenvalue weighted by Gasteiger charge is -2.21. The average molecular weight is 381 g/mol. The van der Waals surface area contributed by atoms with Crippen molar-refractivity contribution >= 4 is 22.6 Å². The highest BCUT2D eigenvalue weighted by Crippen LogP contribution is 2.29. The minimum absolute atomic E-state index is 0.0915. The standard InChI is InChI=1S/C17H20INO/c1-17(2,3)19-12-13-8-4-6-10-15(13)20-16-11-7-5-9-14(16)18/h4-11,19H,12H2,1-3H3. The van der Waals surface area contributed by atoms with E-state index in [1.807, 2.05) is 42.5 Å². The fourth-order valence-electron chi connectivity index (χ4n) is 1.76. The Morgan fingerprint density at radius 2 is 1.55 bits per heavy atom. The van der Waals surface area contributed by atoms with Crippen LogP contribution in [0.4, 0.5) is 0 Å².